The summed E-state index contributed by atoms with van der Waals surface area (Å²) in [6.45, 7) is -0.495. The number of fused-ring (bicyclic) bond motifs is 3. The van der Waals surface area contributed by atoms with Crippen molar-refractivity contribution in [3.8, 4) is 11.5 Å². The molecule has 0 spiro atoms. The predicted molar refractivity (Wildman–Crippen MR) is 96.5 cm³/mol. The number of hydrogen-bond donors (Lipinski definition) is 2. The SMILES string of the molecule is O=C(O)COc1cccc2c1OC1CCC(NS(=O)(=O)c3cccc(F)c3)C21. The molecule has 1 aliphatic carbocycles. The van der Waals surface area contributed by atoms with E-state index >= 15 is 0 Å². The van der Waals surface area contributed by atoms with E-state index in [1.165, 1.54) is 18.2 Å². The molecule has 0 amide bonds. The van der Waals surface area contributed by atoms with Crippen molar-refractivity contribution in [2.24, 2.45) is 0 Å². The van der Waals surface area contributed by atoms with Gasteiger partial charge in [-0.1, -0.05) is 18.2 Å². The third kappa shape index (κ3) is 3.43. The molecular formula is C19H18FNO6S. The van der Waals surface area contributed by atoms with Gasteiger partial charge in [-0.25, -0.2) is 22.3 Å². The molecule has 2 aromatic rings. The Hall–Kier alpha value is -2.65. The maximum absolute atomic E-state index is 13.4. The molecule has 1 aliphatic heterocycles. The highest BCUT2D eigenvalue weighted by molar-refractivity contribution is 7.89. The molecule has 0 aromatic heterocycles. The quantitative estimate of drug-likeness (QED) is 0.762. The Bertz CT molecular complexity index is 1020. The summed E-state index contributed by atoms with van der Waals surface area (Å²) in [6, 6.07) is 9.59. The number of hydrogen-bond acceptors (Lipinski definition) is 5. The van der Waals surface area contributed by atoms with E-state index < -0.39 is 34.5 Å². The fourth-order valence-electron chi connectivity index (χ4n) is 3.87. The maximum Gasteiger partial charge on any atom is 0.341 e. The van der Waals surface area contributed by atoms with Crippen LogP contribution in [0.2, 0.25) is 0 Å². The number of rotatable bonds is 6. The van der Waals surface area contributed by atoms with E-state index in [-0.39, 0.29) is 16.9 Å². The van der Waals surface area contributed by atoms with Gasteiger partial charge in [0, 0.05) is 17.5 Å². The zero-order valence-corrected chi connectivity index (χ0v) is 15.5. The molecule has 0 radical (unpaired) electrons. The molecule has 1 saturated carbocycles. The summed E-state index contributed by atoms with van der Waals surface area (Å²) in [5.41, 5.74) is 0.775. The van der Waals surface area contributed by atoms with Gasteiger partial charge in [0.25, 0.3) is 0 Å². The first-order valence-electron chi connectivity index (χ1n) is 8.77. The molecule has 2 aromatic carbocycles. The number of para-hydroxylation sites is 1. The van der Waals surface area contributed by atoms with Gasteiger partial charge < -0.3 is 14.6 Å². The van der Waals surface area contributed by atoms with Crippen LogP contribution in [0.15, 0.2) is 47.4 Å². The lowest BCUT2D eigenvalue weighted by Crippen LogP contribution is -2.37. The van der Waals surface area contributed by atoms with Gasteiger partial charge in [-0.2, -0.15) is 0 Å². The average Bonchev–Trinajstić information content (AvgIpc) is 3.20. The van der Waals surface area contributed by atoms with E-state index in [0.717, 1.165) is 11.6 Å². The third-order valence-corrected chi connectivity index (χ3v) is 6.49. The van der Waals surface area contributed by atoms with E-state index in [1.54, 1.807) is 12.1 Å². The second-order valence-corrected chi connectivity index (χ2v) is 8.52. The minimum atomic E-state index is -3.89. The van der Waals surface area contributed by atoms with Crippen LogP contribution in [0, 0.1) is 5.82 Å². The van der Waals surface area contributed by atoms with Gasteiger partial charge in [0.05, 0.1) is 4.90 Å². The highest BCUT2D eigenvalue weighted by atomic mass is 32.2. The number of nitrogens with one attached hydrogen (secondary N) is 1. The van der Waals surface area contributed by atoms with Crippen LogP contribution in [0.3, 0.4) is 0 Å². The summed E-state index contributed by atoms with van der Waals surface area (Å²) >= 11 is 0. The molecule has 28 heavy (non-hydrogen) atoms. The number of carboxylic acids is 1. The van der Waals surface area contributed by atoms with Crippen LogP contribution in [0.25, 0.3) is 0 Å². The van der Waals surface area contributed by atoms with Crippen molar-refractivity contribution >= 4 is 16.0 Å². The van der Waals surface area contributed by atoms with Crippen LogP contribution < -0.4 is 14.2 Å². The summed E-state index contributed by atoms with van der Waals surface area (Å²) in [5.74, 6) is -1.18. The lowest BCUT2D eigenvalue weighted by atomic mass is 9.94. The Morgan fingerprint density at radius 2 is 2.04 bits per heavy atom. The molecule has 9 heteroatoms. The first-order valence-corrected chi connectivity index (χ1v) is 10.3. The molecule has 7 nitrogen and oxygen atoms in total. The fraction of sp³-hybridized carbons (Fsp3) is 0.316. The van der Waals surface area contributed by atoms with E-state index in [2.05, 4.69) is 4.72 Å². The second kappa shape index (κ2) is 7.06. The van der Waals surface area contributed by atoms with Crippen LogP contribution in [0.4, 0.5) is 4.39 Å². The van der Waals surface area contributed by atoms with Gasteiger partial charge in [0.1, 0.15) is 11.9 Å². The summed E-state index contributed by atoms with van der Waals surface area (Å²) in [6.07, 6.45) is 0.974. The molecular weight excluding hydrogens is 389 g/mol. The van der Waals surface area contributed by atoms with Gasteiger partial charge in [0.15, 0.2) is 18.1 Å². The molecule has 4 rings (SSSR count). The monoisotopic (exact) mass is 407 g/mol. The third-order valence-electron chi connectivity index (χ3n) is 5.00. The topological polar surface area (TPSA) is 102 Å². The fourth-order valence-corrected chi connectivity index (χ4v) is 5.20. The highest BCUT2D eigenvalue weighted by Crippen LogP contribution is 2.51. The lowest BCUT2D eigenvalue weighted by Gasteiger charge is -2.19. The minimum absolute atomic E-state index is 0.131. The number of carbonyl (C=O) groups is 1. The van der Waals surface area contributed by atoms with E-state index in [1.807, 2.05) is 6.07 Å². The largest absolute Gasteiger partial charge is 0.486 e. The molecule has 1 heterocycles. The Balaban J connectivity index is 1.59. The Morgan fingerprint density at radius 3 is 2.79 bits per heavy atom. The number of sulfonamides is 1. The minimum Gasteiger partial charge on any atom is -0.486 e. The second-order valence-electron chi connectivity index (χ2n) is 6.80. The van der Waals surface area contributed by atoms with Crippen molar-refractivity contribution in [3.63, 3.8) is 0 Å². The van der Waals surface area contributed by atoms with Gasteiger partial charge in [-0.3, -0.25) is 0 Å². The normalized spacial score (nSPS) is 23.0. The molecule has 3 atom stereocenters. The van der Waals surface area contributed by atoms with Crippen LogP contribution in [0.1, 0.15) is 24.3 Å². The lowest BCUT2D eigenvalue weighted by molar-refractivity contribution is -0.139. The standard InChI is InChI=1S/C19H18FNO6S/c20-11-3-1-4-12(9-11)28(24,25)21-14-7-8-15-18(14)13-5-2-6-16(19(13)27-15)26-10-17(22)23/h1-6,9,14-15,18,21H,7-8,10H2,(H,22,23). The van der Waals surface area contributed by atoms with Gasteiger partial charge in [-0.15, -0.1) is 0 Å². The van der Waals surface area contributed by atoms with Gasteiger partial charge in [-0.05, 0) is 37.1 Å². The number of halogens is 1. The number of carboxylic acid groups (broad SMARTS) is 1. The molecule has 2 N–H and O–H groups in total. The van der Waals surface area contributed by atoms with Gasteiger partial charge >= 0.3 is 5.97 Å². The molecule has 148 valence electrons. The molecule has 0 bridgehead atoms. The first-order chi connectivity index (χ1) is 13.3. The van der Waals surface area contributed by atoms with Crippen LogP contribution in [0.5, 0.6) is 11.5 Å². The van der Waals surface area contributed by atoms with E-state index in [4.69, 9.17) is 14.6 Å². The molecule has 0 saturated heterocycles. The first kappa shape index (κ1) is 18.7. The van der Waals surface area contributed by atoms with Crippen LogP contribution in [-0.2, 0) is 14.8 Å². The van der Waals surface area contributed by atoms with Crippen LogP contribution >= 0.6 is 0 Å². The highest BCUT2D eigenvalue weighted by Gasteiger charge is 2.47. The zero-order valence-electron chi connectivity index (χ0n) is 14.7. The Morgan fingerprint density at radius 1 is 1.25 bits per heavy atom. The number of benzene rings is 2. The van der Waals surface area contributed by atoms with Crippen molar-refractivity contribution in [1.82, 2.24) is 4.72 Å². The molecule has 1 fully saturated rings. The van der Waals surface area contributed by atoms with Crippen molar-refractivity contribution in [2.45, 2.75) is 35.8 Å². The summed E-state index contributed by atoms with van der Waals surface area (Å²) in [5, 5.41) is 8.81. The van der Waals surface area contributed by atoms with Crippen molar-refractivity contribution < 1.29 is 32.2 Å². The Labute approximate surface area is 161 Å². The molecule has 2 aliphatic rings. The molecule has 3 unspecified atom stereocenters. The van der Waals surface area contributed by atoms with Crippen molar-refractivity contribution in [3.05, 3.63) is 53.8 Å². The van der Waals surface area contributed by atoms with E-state index in [9.17, 15) is 17.6 Å². The Kier molecular flexibility index (Phi) is 4.72. The maximum atomic E-state index is 13.4. The van der Waals surface area contributed by atoms with Gasteiger partial charge in [0.2, 0.25) is 10.0 Å². The summed E-state index contributed by atoms with van der Waals surface area (Å²) < 4.78 is 52.7. The van der Waals surface area contributed by atoms with Crippen molar-refractivity contribution in [2.75, 3.05) is 6.61 Å². The summed E-state index contributed by atoms with van der Waals surface area (Å²) in [4.78, 5) is 10.6. The zero-order chi connectivity index (χ0) is 19.9. The average molecular weight is 407 g/mol. The van der Waals surface area contributed by atoms with Crippen LogP contribution in [-0.4, -0.2) is 38.2 Å². The van der Waals surface area contributed by atoms with Crippen molar-refractivity contribution in [1.29, 1.82) is 0 Å². The predicted octanol–water partition coefficient (Wildman–Crippen LogP) is 2.27. The number of aliphatic carboxylic acids is 1. The summed E-state index contributed by atoms with van der Waals surface area (Å²) in [7, 11) is -3.89. The number of ether oxygens (including phenoxy) is 2. The van der Waals surface area contributed by atoms with E-state index in [0.29, 0.717) is 24.3 Å². The smallest absolute Gasteiger partial charge is 0.341 e.